The van der Waals surface area contributed by atoms with Gasteiger partial charge in [-0.05, 0) is 56.7 Å². The Hall–Kier alpha value is -1.77. The molecule has 1 aromatic carbocycles. The third-order valence-corrected chi connectivity index (χ3v) is 6.54. The van der Waals surface area contributed by atoms with Crippen LogP contribution in [0.5, 0.6) is 0 Å². The minimum atomic E-state index is 0. The number of carbonyl (C=O) groups excluding carboxylic acids is 1. The normalized spacial score (nSPS) is 19.6. The largest absolute Gasteiger partial charge is 0.361 e. The maximum Gasteiger partial charge on any atom is 0.225 e. The first-order valence-corrected chi connectivity index (χ1v) is 11.5. The topological polar surface area (TPSA) is 72.5 Å². The fraction of sp³-hybridized carbons (Fsp3) is 0.583. The van der Waals surface area contributed by atoms with Gasteiger partial charge in [-0.15, -0.1) is 24.0 Å². The number of halogens is 1. The van der Waals surface area contributed by atoms with Crippen molar-refractivity contribution < 1.29 is 4.79 Å². The lowest BCUT2D eigenvalue weighted by molar-refractivity contribution is -0.134. The van der Waals surface area contributed by atoms with Gasteiger partial charge in [0.15, 0.2) is 5.96 Å². The second-order valence-electron chi connectivity index (χ2n) is 8.72. The molecule has 1 saturated heterocycles. The van der Waals surface area contributed by atoms with Gasteiger partial charge in [0.2, 0.25) is 5.91 Å². The van der Waals surface area contributed by atoms with E-state index in [2.05, 4.69) is 58.8 Å². The van der Waals surface area contributed by atoms with E-state index < -0.39 is 0 Å². The minimum absolute atomic E-state index is 0. The van der Waals surface area contributed by atoms with Crippen molar-refractivity contribution >= 4 is 46.7 Å². The SMILES string of the molecule is CCNC(=NCCc1c[nH]c2cccc(C)c12)NC1CCN(C(=O)C2CCCC2)C1.I. The second-order valence-corrected chi connectivity index (χ2v) is 8.72. The van der Waals surface area contributed by atoms with Crippen molar-refractivity contribution in [3.05, 3.63) is 35.5 Å². The third-order valence-electron chi connectivity index (χ3n) is 6.54. The summed E-state index contributed by atoms with van der Waals surface area (Å²) >= 11 is 0. The van der Waals surface area contributed by atoms with Crippen LogP contribution >= 0.6 is 24.0 Å². The molecule has 6 nitrogen and oxygen atoms in total. The van der Waals surface area contributed by atoms with Crippen LogP contribution in [0.2, 0.25) is 0 Å². The van der Waals surface area contributed by atoms with Crippen molar-refractivity contribution in [3.8, 4) is 0 Å². The number of hydrogen-bond donors (Lipinski definition) is 3. The summed E-state index contributed by atoms with van der Waals surface area (Å²) in [6.07, 6.45) is 8.56. The Morgan fingerprint density at radius 3 is 2.84 bits per heavy atom. The summed E-state index contributed by atoms with van der Waals surface area (Å²) in [6.45, 7) is 7.46. The van der Waals surface area contributed by atoms with Crippen molar-refractivity contribution in [3.63, 3.8) is 0 Å². The van der Waals surface area contributed by atoms with Crippen LogP contribution in [-0.4, -0.2) is 54.0 Å². The molecular formula is C24H36IN5O. The average Bonchev–Trinajstić information content (AvgIpc) is 3.49. The molecular weight excluding hydrogens is 501 g/mol. The highest BCUT2D eigenvalue weighted by Crippen LogP contribution is 2.28. The van der Waals surface area contributed by atoms with Gasteiger partial charge in [-0.3, -0.25) is 9.79 Å². The molecule has 0 radical (unpaired) electrons. The molecule has 3 N–H and O–H groups in total. The zero-order chi connectivity index (χ0) is 20.9. The van der Waals surface area contributed by atoms with Crippen LogP contribution in [-0.2, 0) is 11.2 Å². The molecule has 1 saturated carbocycles. The highest BCUT2D eigenvalue weighted by molar-refractivity contribution is 14.0. The Morgan fingerprint density at radius 2 is 2.06 bits per heavy atom. The molecule has 0 bridgehead atoms. The molecule has 2 aromatic rings. The third kappa shape index (κ3) is 5.73. The van der Waals surface area contributed by atoms with Gasteiger partial charge in [-0.25, -0.2) is 0 Å². The number of aryl methyl sites for hydroxylation is 1. The zero-order valence-electron chi connectivity index (χ0n) is 18.7. The number of rotatable bonds is 6. The number of aromatic nitrogens is 1. The van der Waals surface area contributed by atoms with E-state index in [0.717, 1.165) is 57.8 Å². The maximum absolute atomic E-state index is 12.7. The minimum Gasteiger partial charge on any atom is -0.361 e. The number of fused-ring (bicyclic) bond motifs is 1. The lowest BCUT2D eigenvalue weighted by Gasteiger charge is -2.21. The van der Waals surface area contributed by atoms with E-state index in [9.17, 15) is 4.79 Å². The number of aliphatic imine (C=N–C) groups is 1. The quantitative estimate of drug-likeness (QED) is 0.297. The molecule has 1 atom stereocenters. The molecule has 7 heteroatoms. The second kappa shape index (κ2) is 11.2. The number of aromatic amines is 1. The summed E-state index contributed by atoms with van der Waals surface area (Å²) in [5.41, 5.74) is 3.81. The van der Waals surface area contributed by atoms with Crippen LogP contribution in [0.25, 0.3) is 10.9 Å². The van der Waals surface area contributed by atoms with Gasteiger partial charge in [0.1, 0.15) is 0 Å². The molecule has 4 rings (SSSR count). The number of carbonyl (C=O) groups is 1. The van der Waals surface area contributed by atoms with Gasteiger partial charge in [-0.2, -0.15) is 0 Å². The fourth-order valence-electron chi connectivity index (χ4n) is 4.96. The standard InChI is InChI=1S/C24H35N5O.HI/c1-3-25-24(26-13-11-19-15-27-21-10-6-7-17(2)22(19)21)28-20-12-14-29(16-20)23(30)18-8-4-5-9-18;/h6-7,10,15,18,20,27H,3-5,8-9,11-14,16H2,1-2H3,(H2,25,26,28);1H. The number of likely N-dealkylation sites (tertiary alicyclic amines) is 1. The van der Waals surface area contributed by atoms with E-state index >= 15 is 0 Å². The van der Waals surface area contributed by atoms with Crippen molar-refractivity contribution in [2.75, 3.05) is 26.2 Å². The number of guanidine groups is 1. The molecule has 2 fully saturated rings. The van der Waals surface area contributed by atoms with Crippen molar-refractivity contribution in [1.82, 2.24) is 20.5 Å². The first-order chi connectivity index (χ1) is 14.7. The number of benzene rings is 1. The van der Waals surface area contributed by atoms with Crippen LogP contribution in [0.15, 0.2) is 29.4 Å². The molecule has 170 valence electrons. The lowest BCUT2D eigenvalue weighted by Crippen LogP contribution is -2.45. The molecule has 31 heavy (non-hydrogen) atoms. The molecule has 1 aliphatic heterocycles. The first-order valence-electron chi connectivity index (χ1n) is 11.5. The van der Waals surface area contributed by atoms with Gasteiger partial charge >= 0.3 is 0 Å². The van der Waals surface area contributed by atoms with E-state index in [1.54, 1.807) is 0 Å². The lowest BCUT2D eigenvalue weighted by atomic mass is 10.1. The average molecular weight is 537 g/mol. The van der Waals surface area contributed by atoms with E-state index in [1.165, 1.54) is 34.9 Å². The summed E-state index contributed by atoms with van der Waals surface area (Å²) in [5.74, 6) is 1.49. The van der Waals surface area contributed by atoms with Gasteiger partial charge in [0.05, 0.1) is 0 Å². The van der Waals surface area contributed by atoms with E-state index in [-0.39, 0.29) is 35.9 Å². The van der Waals surface area contributed by atoms with E-state index in [4.69, 9.17) is 4.99 Å². The number of hydrogen-bond acceptors (Lipinski definition) is 2. The van der Waals surface area contributed by atoms with Gasteiger partial charge in [0.25, 0.3) is 0 Å². The van der Waals surface area contributed by atoms with Gasteiger partial charge in [-0.1, -0.05) is 25.0 Å². The molecule has 2 heterocycles. The predicted molar refractivity (Wildman–Crippen MR) is 138 cm³/mol. The Morgan fingerprint density at radius 1 is 1.26 bits per heavy atom. The Kier molecular flexibility index (Phi) is 8.63. The Balaban J connectivity index is 0.00000272. The molecule has 1 aliphatic carbocycles. The Labute approximate surface area is 202 Å². The molecule has 0 spiro atoms. The van der Waals surface area contributed by atoms with Crippen molar-refractivity contribution in [2.24, 2.45) is 10.9 Å². The molecule has 2 aliphatic rings. The fourth-order valence-corrected chi connectivity index (χ4v) is 4.96. The van der Waals surface area contributed by atoms with Gasteiger partial charge < -0.3 is 20.5 Å². The first kappa shape index (κ1) is 23.9. The smallest absolute Gasteiger partial charge is 0.225 e. The summed E-state index contributed by atoms with van der Waals surface area (Å²) in [4.78, 5) is 22.9. The van der Waals surface area contributed by atoms with Crippen molar-refractivity contribution in [2.45, 2.75) is 58.4 Å². The number of nitrogens with one attached hydrogen (secondary N) is 3. The predicted octanol–water partition coefficient (Wildman–Crippen LogP) is 3.98. The highest BCUT2D eigenvalue weighted by Gasteiger charge is 2.32. The monoisotopic (exact) mass is 537 g/mol. The van der Waals surface area contributed by atoms with Crippen LogP contribution < -0.4 is 10.6 Å². The number of H-pyrrole nitrogens is 1. The number of nitrogens with zero attached hydrogens (tertiary/aromatic N) is 2. The summed E-state index contributed by atoms with van der Waals surface area (Å²) in [5, 5.41) is 8.24. The van der Waals surface area contributed by atoms with Crippen LogP contribution in [0.3, 0.4) is 0 Å². The molecule has 1 unspecified atom stereocenters. The van der Waals surface area contributed by atoms with Crippen molar-refractivity contribution in [1.29, 1.82) is 0 Å². The summed E-state index contributed by atoms with van der Waals surface area (Å²) < 4.78 is 0. The number of amides is 1. The Bertz CT molecular complexity index is 903. The highest BCUT2D eigenvalue weighted by atomic mass is 127. The van der Waals surface area contributed by atoms with Crippen LogP contribution in [0.4, 0.5) is 0 Å². The van der Waals surface area contributed by atoms with E-state index in [0.29, 0.717) is 5.91 Å². The summed E-state index contributed by atoms with van der Waals surface area (Å²) in [7, 11) is 0. The van der Waals surface area contributed by atoms with Crippen LogP contribution in [0.1, 0.15) is 50.2 Å². The molecule has 1 amide bonds. The van der Waals surface area contributed by atoms with Crippen LogP contribution in [0, 0.1) is 12.8 Å². The zero-order valence-corrected chi connectivity index (χ0v) is 21.1. The van der Waals surface area contributed by atoms with Gasteiger partial charge in [0, 0.05) is 55.2 Å². The molecule has 1 aromatic heterocycles. The van der Waals surface area contributed by atoms with E-state index in [1.807, 2.05) is 0 Å². The maximum atomic E-state index is 12.7. The summed E-state index contributed by atoms with van der Waals surface area (Å²) in [6, 6.07) is 6.65.